The van der Waals surface area contributed by atoms with Crippen LogP contribution in [0.1, 0.15) is 52.8 Å². The first-order valence-electron chi connectivity index (χ1n) is 10.6. The van der Waals surface area contributed by atoms with Crippen molar-refractivity contribution in [2.45, 2.75) is 32.1 Å². The maximum absolute atomic E-state index is 13.4. The molecule has 0 heterocycles. The van der Waals surface area contributed by atoms with Gasteiger partial charge in [-0.15, -0.1) is 0 Å². The van der Waals surface area contributed by atoms with E-state index in [1.54, 1.807) is 0 Å². The van der Waals surface area contributed by atoms with Crippen molar-refractivity contribution < 1.29 is 37.4 Å². The monoisotopic (exact) mass is 461 g/mol. The molecule has 1 fully saturated rings. The van der Waals surface area contributed by atoms with Gasteiger partial charge in [-0.25, -0.2) is 13.6 Å². The van der Waals surface area contributed by atoms with E-state index in [1.165, 1.54) is 26.4 Å². The van der Waals surface area contributed by atoms with E-state index in [-0.39, 0.29) is 34.4 Å². The lowest BCUT2D eigenvalue weighted by atomic mass is 9.88. The molecule has 2 aromatic carbocycles. The fourth-order valence-corrected chi connectivity index (χ4v) is 3.71. The third kappa shape index (κ3) is 5.85. The number of Topliss-reactive ketones (excluding diaryl/α,β-unsaturated/α-hetero) is 1. The number of hydrogen-bond acceptors (Lipinski definition) is 6. The van der Waals surface area contributed by atoms with Crippen molar-refractivity contribution in [3.63, 3.8) is 0 Å². The van der Waals surface area contributed by atoms with Crippen LogP contribution in [-0.4, -0.2) is 38.5 Å². The molecule has 9 heteroatoms. The normalized spacial score (nSPS) is 13.8. The maximum atomic E-state index is 13.4. The average molecular weight is 461 g/mol. The van der Waals surface area contributed by atoms with Gasteiger partial charge >= 0.3 is 5.97 Å². The van der Waals surface area contributed by atoms with E-state index < -0.39 is 30.0 Å². The second-order valence-electron chi connectivity index (χ2n) is 7.71. The van der Waals surface area contributed by atoms with Gasteiger partial charge in [-0.3, -0.25) is 9.59 Å². The molecule has 0 spiro atoms. The first kappa shape index (κ1) is 24.2. The van der Waals surface area contributed by atoms with Gasteiger partial charge in [0.25, 0.3) is 0 Å². The van der Waals surface area contributed by atoms with Crippen LogP contribution >= 0.6 is 0 Å². The number of nitrogens with one attached hydrogen (secondary N) is 1. The van der Waals surface area contributed by atoms with E-state index in [9.17, 15) is 23.2 Å². The molecule has 0 radical (unpaired) electrons. The summed E-state index contributed by atoms with van der Waals surface area (Å²) in [5.74, 6) is -3.73. The highest BCUT2D eigenvalue weighted by molar-refractivity contribution is 6.04. The summed E-state index contributed by atoms with van der Waals surface area (Å²) in [5, 5.41) is 2.77. The van der Waals surface area contributed by atoms with Crippen LogP contribution in [0.15, 0.2) is 30.3 Å². The van der Waals surface area contributed by atoms with E-state index in [0.29, 0.717) is 5.75 Å². The van der Waals surface area contributed by atoms with Crippen LogP contribution in [0.25, 0.3) is 0 Å². The summed E-state index contributed by atoms with van der Waals surface area (Å²) in [5.41, 5.74) is -0.0109. The number of carbonyl (C=O) groups excluding carboxylic acids is 3. The summed E-state index contributed by atoms with van der Waals surface area (Å²) in [6.45, 7) is -0.700. The molecule has 1 N–H and O–H groups in total. The topological polar surface area (TPSA) is 90.9 Å². The zero-order valence-electron chi connectivity index (χ0n) is 18.4. The summed E-state index contributed by atoms with van der Waals surface area (Å²) < 4.78 is 42.1. The van der Waals surface area contributed by atoms with Crippen LogP contribution in [0.4, 0.5) is 14.5 Å². The second-order valence-corrected chi connectivity index (χ2v) is 7.71. The summed E-state index contributed by atoms with van der Waals surface area (Å²) in [6, 6.07) is 5.45. The number of rotatable bonds is 8. The molecule has 33 heavy (non-hydrogen) atoms. The number of halogens is 2. The molecule has 3 rings (SSSR count). The molecule has 1 aliphatic carbocycles. The molecular formula is C24H25F2NO6. The zero-order valence-corrected chi connectivity index (χ0v) is 18.4. The molecule has 0 atom stereocenters. The Hall–Kier alpha value is -3.49. The summed E-state index contributed by atoms with van der Waals surface area (Å²) in [6.07, 6.45) is 4.54. The van der Waals surface area contributed by atoms with Gasteiger partial charge in [-0.05, 0) is 31.0 Å². The predicted octanol–water partition coefficient (Wildman–Crippen LogP) is 4.54. The third-order valence-electron chi connectivity index (χ3n) is 5.55. The van der Waals surface area contributed by atoms with Crippen molar-refractivity contribution in [3.05, 3.63) is 53.1 Å². The van der Waals surface area contributed by atoms with Gasteiger partial charge in [0.05, 0.1) is 25.5 Å². The van der Waals surface area contributed by atoms with E-state index in [4.69, 9.17) is 14.2 Å². The van der Waals surface area contributed by atoms with Gasteiger partial charge in [0, 0.05) is 23.6 Å². The smallest absolute Gasteiger partial charge is 0.340 e. The quantitative estimate of drug-likeness (QED) is 0.459. The van der Waals surface area contributed by atoms with Crippen molar-refractivity contribution in [3.8, 4) is 11.5 Å². The summed E-state index contributed by atoms with van der Waals surface area (Å²) in [4.78, 5) is 37.8. The molecule has 2 aromatic rings. The van der Waals surface area contributed by atoms with Gasteiger partial charge in [-0.2, -0.15) is 0 Å². The number of amides is 1. The molecular weight excluding hydrogens is 436 g/mol. The average Bonchev–Trinajstić information content (AvgIpc) is 2.84. The minimum absolute atomic E-state index is 0.0325. The van der Waals surface area contributed by atoms with Gasteiger partial charge in [-0.1, -0.05) is 19.3 Å². The Morgan fingerprint density at radius 3 is 2.24 bits per heavy atom. The lowest BCUT2D eigenvalue weighted by Gasteiger charge is -2.22. The Bertz CT molecular complexity index is 1050. The number of benzene rings is 2. The van der Waals surface area contributed by atoms with E-state index >= 15 is 0 Å². The van der Waals surface area contributed by atoms with Crippen molar-refractivity contribution in [2.75, 3.05) is 26.1 Å². The first-order chi connectivity index (χ1) is 15.8. The Balaban J connectivity index is 1.79. The molecule has 0 saturated heterocycles. The second kappa shape index (κ2) is 10.9. The summed E-state index contributed by atoms with van der Waals surface area (Å²) >= 11 is 0. The summed E-state index contributed by atoms with van der Waals surface area (Å²) in [7, 11) is 2.81. The largest absolute Gasteiger partial charge is 0.493 e. The van der Waals surface area contributed by atoms with E-state index in [1.807, 2.05) is 0 Å². The first-order valence-corrected chi connectivity index (χ1v) is 10.6. The fourth-order valence-electron chi connectivity index (χ4n) is 3.71. The van der Waals surface area contributed by atoms with E-state index in [0.717, 1.165) is 50.3 Å². The number of hydrogen-bond donors (Lipinski definition) is 1. The number of ketones is 1. The van der Waals surface area contributed by atoms with Gasteiger partial charge in [0.1, 0.15) is 0 Å². The Morgan fingerprint density at radius 1 is 0.939 bits per heavy atom. The lowest BCUT2D eigenvalue weighted by Crippen LogP contribution is -2.26. The molecule has 0 aromatic heterocycles. The van der Waals surface area contributed by atoms with Crippen molar-refractivity contribution >= 4 is 23.3 Å². The van der Waals surface area contributed by atoms with E-state index in [2.05, 4.69) is 5.32 Å². The SMILES string of the molecule is COc1cc(NC(=O)C2CCCCC2)c(C(=O)OCC(=O)c2ccc(F)c(F)c2)cc1OC. The van der Waals surface area contributed by atoms with Gasteiger partial charge < -0.3 is 19.5 Å². The highest BCUT2D eigenvalue weighted by Crippen LogP contribution is 2.35. The number of methoxy groups -OCH3 is 2. The van der Waals surface area contributed by atoms with Gasteiger partial charge in [0.15, 0.2) is 35.5 Å². The predicted molar refractivity (Wildman–Crippen MR) is 116 cm³/mol. The molecule has 1 saturated carbocycles. The van der Waals surface area contributed by atoms with Crippen LogP contribution in [0.3, 0.4) is 0 Å². The van der Waals surface area contributed by atoms with Crippen molar-refractivity contribution in [1.29, 1.82) is 0 Å². The van der Waals surface area contributed by atoms with Crippen molar-refractivity contribution in [1.82, 2.24) is 0 Å². The van der Waals surface area contributed by atoms with Crippen LogP contribution in [-0.2, 0) is 9.53 Å². The molecule has 1 amide bonds. The van der Waals surface area contributed by atoms with Crippen LogP contribution in [0.2, 0.25) is 0 Å². The standard InChI is InChI=1S/C24H25F2NO6/c1-31-21-11-16(24(30)33-13-20(28)15-8-9-17(25)18(26)10-15)19(12-22(21)32-2)27-23(29)14-6-4-3-5-7-14/h8-12,14H,3-7,13H2,1-2H3,(H,27,29). The highest BCUT2D eigenvalue weighted by Gasteiger charge is 2.25. The Morgan fingerprint density at radius 2 is 1.61 bits per heavy atom. The maximum Gasteiger partial charge on any atom is 0.340 e. The molecule has 0 bridgehead atoms. The molecule has 0 aliphatic heterocycles. The molecule has 1 aliphatic rings. The third-order valence-corrected chi connectivity index (χ3v) is 5.55. The minimum atomic E-state index is -1.18. The van der Waals surface area contributed by atoms with Crippen molar-refractivity contribution in [2.24, 2.45) is 5.92 Å². The number of esters is 1. The number of ether oxygens (including phenoxy) is 3. The molecule has 176 valence electrons. The van der Waals surface area contributed by atoms with Crippen LogP contribution in [0.5, 0.6) is 11.5 Å². The minimum Gasteiger partial charge on any atom is -0.493 e. The molecule has 0 unspecified atom stereocenters. The Kier molecular flexibility index (Phi) is 7.97. The number of carbonyl (C=O) groups is 3. The highest BCUT2D eigenvalue weighted by atomic mass is 19.2. The van der Waals surface area contributed by atoms with Gasteiger partial charge in [0.2, 0.25) is 5.91 Å². The Labute approximate surface area is 190 Å². The van der Waals surface area contributed by atoms with Crippen LogP contribution < -0.4 is 14.8 Å². The lowest BCUT2D eigenvalue weighted by molar-refractivity contribution is -0.120. The molecule has 7 nitrogen and oxygen atoms in total. The van der Waals surface area contributed by atoms with Crippen LogP contribution in [0, 0.1) is 17.6 Å². The number of anilines is 1. The zero-order chi connectivity index (χ0) is 24.0. The fraction of sp³-hybridized carbons (Fsp3) is 0.375.